The van der Waals surface area contributed by atoms with E-state index < -0.39 is 20.8 Å². The first kappa shape index (κ1) is 19.0. The molecule has 144 valence electrons. The number of hydrogen-bond acceptors (Lipinski definition) is 6. The van der Waals surface area contributed by atoms with Crippen LogP contribution in [0, 0.1) is 15.9 Å². The number of halogens is 1. The van der Waals surface area contributed by atoms with Gasteiger partial charge in [-0.3, -0.25) is 10.1 Å². The fourth-order valence-electron chi connectivity index (χ4n) is 3.44. The Kier molecular flexibility index (Phi) is 5.73. The van der Waals surface area contributed by atoms with Crippen LogP contribution in [0.5, 0.6) is 0 Å². The van der Waals surface area contributed by atoms with Gasteiger partial charge in [-0.1, -0.05) is 0 Å². The Labute approximate surface area is 151 Å². The van der Waals surface area contributed by atoms with E-state index in [9.17, 15) is 22.9 Å². The van der Waals surface area contributed by atoms with E-state index in [1.165, 1.54) is 16.4 Å². The molecule has 0 atom stereocenters. The standard InChI is InChI=1S/C16H22FN3O5S/c17-12-1-2-15(16(11-12)20(21)22)18-13-3-7-19(8-4-13)26(23,24)14-5-9-25-10-6-14/h1-2,11,13-14,18H,3-10H2. The van der Waals surface area contributed by atoms with E-state index in [2.05, 4.69) is 5.32 Å². The summed E-state index contributed by atoms with van der Waals surface area (Å²) < 4.78 is 45.4. The molecule has 0 radical (unpaired) electrons. The molecule has 2 fully saturated rings. The van der Waals surface area contributed by atoms with Crippen LogP contribution in [0.1, 0.15) is 25.7 Å². The number of nitro benzene ring substituents is 1. The lowest BCUT2D eigenvalue weighted by Crippen LogP contribution is -2.47. The van der Waals surface area contributed by atoms with Gasteiger partial charge in [-0.25, -0.2) is 17.1 Å². The van der Waals surface area contributed by atoms with Crippen molar-refractivity contribution < 1.29 is 22.5 Å². The van der Waals surface area contributed by atoms with Crippen LogP contribution in [0.25, 0.3) is 0 Å². The first-order valence-electron chi connectivity index (χ1n) is 8.65. The fourth-order valence-corrected chi connectivity index (χ4v) is 5.37. The topological polar surface area (TPSA) is 102 Å². The highest BCUT2D eigenvalue weighted by Crippen LogP contribution is 2.29. The summed E-state index contributed by atoms with van der Waals surface area (Å²) >= 11 is 0. The number of sulfonamides is 1. The number of piperidine rings is 1. The molecule has 1 N–H and O–H groups in total. The van der Waals surface area contributed by atoms with E-state index >= 15 is 0 Å². The zero-order chi connectivity index (χ0) is 18.7. The van der Waals surface area contributed by atoms with Gasteiger partial charge in [0.15, 0.2) is 0 Å². The normalized spacial score (nSPS) is 20.8. The van der Waals surface area contributed by atoms with Crippen molar-refractivity contribution in [3.05, 3.63) is 34.1 Å². The van der Waals surface area contributed by atoms with E-state index in [1.54, 1.807) is 0 Å². The molecule has 1 aromatic rings. The van der Waals surface area contributed by atoms with Gasteiger partial charge in [0.25, 0.3) is 5.69 Å². The minimum atomic E-state index is -3.34. The Morgan fingerprint density at radius 1 is 1.19 bits per heavy atom. The van der Waals surface area contributed by atoms with Crippen LogP contribution in [0.15, 0.2) is 18.2 Å². The molecule has 2 saturated heterocycles. The summed E-state index contributed by atoms with van der Waals surface area (Å²) in [5.41, 5.74) is -0.0654. The zero-order valence-corrected chi connectivity index (χ0v) is 15.1. The first-order chi connectivity index (χ1) is 12.4. The summed E-state index contributed by atoms with van der Waals surface area (Å²) in [6, 6.07) is 3.30. The molecule has 0 saturated carbocycles. The Bertz CT molecular complexity index is 759. The first-order valence-corrected chi connectivity index (χ1v) is 10.2. The molecule has 26 heavy (non-hydrogen) atoms. The number of benzene rings is 1. The summed E-state index contributed by atoms with van der Waals surface area (Å²) in [5.74, 6) is -0.667. The van der Waals surface area contributed by atoms with Crippen molar-refractivity contribution >= 4 is 21.4 Å². The maximum absolute atomic E-state index is 13.2. The van der Waals surface area contributed by atoms with Crippen LogP contribution >= 0.6 is 0 Å². The number of hydrogen-bond donors (Lipinski definition) is 1. The molecule has 0 aromatic heterocycles. The Morgan fingerprint density at radius 3 is 2.46 bits per heavy atom. The molecule has 1 aromatic carbocycles. The van der Waals surface area contributed by atoms with Gasteiger partial charge in [-0.15, -0.1) is 0 Å². The van der Waals surface area contributed by atoms with Crippen LogP contribution in [0.2, 0.25) is 0 Å². The second kappa shape index (κ2) is 7.85. The van der Waals surface area contributed by atoms with E-state index in [0.717, 1.165) is 6.07 Å². The van der Waals surface area contributed by atoms with E-state index in [4.69, 9.17) is 4.74 Å². The predicted octanol–water partition coefficient (Wildman–Crippen LogP) is 2.12. The molecular weight excluding hydrogens is 365 g/mol. The number of nitrogens with zero attached hydrogens (tertiary/aromatic N) is 2. The molecule has 8 nitrogen and oxygen atoms in total. The summed E-state index contributed by atoms with van der Waals surface area (Å²) in [6.07, 6.45) is 2.11. The largest absolute Gasteiger partial charge is 0.381 e. The summed E-state index contributed by atoms with van der Waals surface area (Å²) in [4.78, 5) is 10.4. The monoisotopic (exact) mass is 387 g/mol. The number of nitro groups is 1. The molecule has 2 aliphatic rings. The van der Waals surface area contributed by atoms with Crippen LogP contribution < -0.4 is 5.32 Å². The third kappa shape index (κ3) is 4.13. The zero-order valence-electron chi connectivity index (χ0n) is 14.3. The maximum Gasteiger partial charge on any atom is 0.295 e. The minimum Gasteiger partial charge on any atom is -0.381 e. The highest BCUT2D eigenvalue weighted by atomic mass is 32.2. The maximum atomic E-state index is 13.2. The Balaban J connectivity index is 1.61. The van der Waals surface area contributed by atoms with Crippen molar-refractivity contribution in [3.63, 3.8) is 0 Å². The molecule has 0 aliphatic carbocycles. The van der Waals surface area contributed by atoms with Crippen molar-refractivity contribution in [2.24, 2.45) is 0 Å². The lowest BCUT2D eigenvalue weighted by atomic mass is 10.1. The van der Waals surface area contributed by atoms with Crippen LogP contribution in [0.4, 0.5) is 15.8 Å². The van der Waals surface area contributed by atoms with E-state index in [1.807, 2.05) is 0 Å². The Hall–Kier alpha value is -1.78. The van der Waals surface area contributed by atoms with Gasteiger partial charge >= 0.3 is 0 Å². The summed E-state index contributed by atoms with van der Waals surface area (Å²) in [5, 5.41) is 13.7. The van der Waals surface area contributed by atoms with Gasteiger partial charge in [0.1, 0.15) is 11.5 Å². The van der Waals surface area contributed by atoms with Crippen LogP contribution in [-0.2, 0) is 14.8 Å². The SMILES string of the molecule is O=[N+]([O-])c1cc(F)ccc1NC1CCN(S(=O)(=O)C2CCOCC2)CC1. The van der Waals surface area contributed by atoms with Crippen molar-refractivity contribution in [1.82, 2.24) is 4.31 Å². The van der Waals surface area contributed by atoms with Crippen molar-refractivity contribution in [1.29, 1.82) is 0 Å². The smallest absolute Gasteiger partial charge is 0.295 e. The van der Waals surface area contributed by atoms with E-state index in [0.29, 0.717) is 52.0 Å². The molecule has 0 unspecified atom stereocenters. The third-order valence-electron chi connectivity index (χ3n) is 4.92. The molecule has 2 heterocycles. The molecule has 0 spiro atoms. The second-order valence-corrected chi connectivity index (χ2v) is 8.81. The number of anilines is 1. The van der Waals surface area contributed by atoms with Gasteiger partial charge in [-0.2, -0.15) is 0 Å². The molecule has 2 aliphatic heterocycles. The number of ether oxygens (including phenoxy) is 1. The third-order valence-corrected chi connectivity index (χ3v) is 7.32. The highest BCUT2D eigenvalue weighted by Gasteiger charge is 2.35. The van der Waals surface area contributed by atoms with Crippen molar-refractivity contribution in [2.45, 2.75) is 37.0 Å². The number of rotatable bonds is 5. The minimum absolute atomic E-state index is 0.0969. The van der Waals surface area contributed by atoms with Gasteiger partial charge in [0.05, 0.1) is 16.2 Å². The highest BCUT2D eigenvalue weighted by molar-refractivity contribution is 7.89. The van der Waals surface area contributed by atoms with Crippen molar-refractivity contribution in [3.8, 4) is 0 Å². The average molecular weight is 387 g/mol. The lowest BCUT2D eigenvalue weighted by Gasteiger charge is -2.35. The molecule has 0 amide bonds. The van der Waals surface area contributed by atoms with Gasteiger partial charge in [-0.05, 0) is 37.8 Å². The molecular formula is C16H22FN3O5S. The van der Waals surface area contributed by atoms with Crippen LogP contribution in [-0.4, -0.2) is 55.2 Å². The molecule has 10 heteroatoms. The molecule has 3 rings (SSSR count). The van der Waals surface area contributed by atoms with Gasteiger partial charge < -0.3 is 10.1 Å². The van der Waals surface area contributed by atoms with Gasteiger partial charge in [0, 0.05) is 32.3 Å². The molecule has 0 bridgehead atoms. The van der Waals surface area contributed by atoms with Crippen LogP contribution in [0.3, 0.4) is 0 Å². The lowest BCUT2D eigenvalue weighted by molar-refractivity contribution is -0.384. The summed E-state index contributed by atoms with van der Waals surface area (Å²) in [6.45, 7) is 1.67. The quantitative estimate of drug-likeness (QED) is 0.613. The van der Waals surface area contributed by atoms with Crippen molar-refractivity contribution in [2.75, 3.05) is 31.6 Å². The fraction of sp³-hybridized carbons (Fsp3) is 0.625. The van der Waals surface area contributed by atoms with Gasteiger partial charge in [0.2, 0.25) is 10.0 Å². The number of nitrogens with one attached hydrogen (secondary N) is 1. The predicted molar refractivity (Wildman–Crippen MR) is 94.0 cm³/mol. The second-order valence-electron chi connectivity index (χ2n) is 6.59. The average Bonchev–Trinajstić information content (AvgIpc) is 2.64. The summed E-state index contributed by atoms with van der Waals surface area (Å²) in [7, 11) is -3.34. The van der Waals surface area contributed by atoms with E-state index in [-0.39, 0.29) is 22.7 Å². The Morgan fingerprint density at radius 2 is 1.85 bits per heavy atom.